The highest BCUT2D eigenvalue weighted by Gasteiger charge is 2.13. The van der Waals surface area contributed by atoms with Crippen LogP contribution in [0.5, 0.6) is 0 Å². The topological polar surface area (TPSA) is 63.2 Å². The van der Waals surface area contributed by atoms with Gasteiger partial charge >= 0.3 is 0 Å². The van der Waals surface area contributed by atoms with Crippen LogP contribution < -0.4 is 10.6 Å². The largest absolute Gasteiger partial charge is 0.382 e. The van der Waals surface area contributed by atoms with Crippen molar-refractivity contribution in [2.45, 2.75) is 13.3 Å². The van der Waals surface area contributed by atoms with Gasteiger partial charge in [0.05, 0.1) is 9.58 Å². The number of thiazole rings is 1. The van der Waals surface area contributed by atoms with Crippen molar-refractivity contribution in [3.63, 3.8) is 0 Å². The van der Waals surface area contributed by atoms with Gasteiger partial charge in [0.1, 0.15) is 4.83 Å². The molecule has 1 aromatic carbocycles. The highest BCUT2D eigenvalue weighted by atomic mass is 32.1. The van der Waals surface area contributed by atoms with Gasteiger partial charge < -0.3 is 15.4 Å². The molecule has 0 radical (unpaired) electrons. The second kappa shape index (κ2) is 8.23. The Kier molecular flexibility index (Phi) is 5.79. The standard InChI is InChI=1S/C17H19N3O2S2/c1-2-22-10-6-9-18-15(21)13-11-14-16(23-13)20-17(24-14)19-12-7-4-3-5-8-12/h3-5,7-8,11H,2,6,9-10H2,1H3,(H,18,21)(H,19,20). The molecular formula is C17H19N3O2S2. The molecule has 0 saturated carbocycles. The maximum Gasteiger partial charge on any atom is 0.261 e. The normalized spacial score (nSPS) is 10.9. The van der Waals surface area contributed by atoms with E-state index in [2.05, 4.69) is 15.6 Å². The number of rotatable bonds is 8. The van der Waals surface area contributed by atoms with Crippen molar-refractivity contribution in [3.8, 4) is 0 Å². The Morgan fingerprint density at radius 3 is 2.83 bits per heavy atom. The second-order valence-electron chi connectivity index (χ2n) is 5.10. The van der Waals surface area contributed by atoms with Crippen LogP contribution in [0.15, 0.2) is 36.4 Å². The lowest BCUT2D eigenvalue weighted by Gasteiger charge is -2.03. The molecule has 2 N–H and O–H groups in total. The Labute approximate surface area is 148 Å². The van der Waals surface area contributed by atoms with Crippen molar-refractivity contribution in [1.29, 1.82) is 0 Å². The summed E-state index contributed by atoms with van der Waals surface area (Å²) in [6.45, 7) is 3.97. The third-order valence-electron chi connectivity index (χ3n) is 3.29. The molecular weight excluding hydrogens is 342 g/mol. The van der Waals surface area contributed by atoms with Crippen molar-refractivity contribution in [2.75, 3.05) is 25.1 Å². The summed E-state index contributed by atoms with van der Waals surface area (Å²) < 4.78 is 6.28. The van der Waals surface area contributed by atoms with Crippen molar-refractivity contribution in [3.05, 3.63) is 41.3 Å². The average molecular weight is 361 g/mol. The molecule has 0 fully saturated rings. The van der Waals surface area contributed by atoms with Crippen molar-refractivity contribution in [1.82, 2.24) is 10.3 Å². The number of ether oxygens (including phenoxy) is 1. The molecule has 3 aromatic rings. The van der Waals surface area contributed by atoms with Gasteiger partial charge in [-0.15, -0.1) is 11.3 Å². The third-order valence-corrected chi connectivity index (χ3v) is 5.37. The molecule has 7 heteroatoms. The van der Waals surface area contributed by atoms with Gasteiger partial charge in [-0.05, 0) is 31.5 Å². The number of nitrogens with zero attached hydrogens (tertiary/aromatic N) is 1. The summed E-state index contributed by atoms with van der Waals surface area (Å²) >= 11 is 2.97. The molecule has 0 atom stereocenters. The van der Waals surface area contributed by atoms with E-state index in [0.717, 1.165) is 26.8 Å². The lowest BCUT2D eigenvalue weighted by Crippen LogP contribution is -2.24. The third kappa shape index (κ3) is 4.31. The number of amides is 1. The van der Waals surface area contributed by atoms with Crippen LogP contribution in [0.25, 0.3) is 9.53 Å². The Morgan fingerprint density at radius 1 is 1.25 bits per heavy atom. The molecule has 2 aromatic heterocycles. The lowest BCUT2D eigenvalue weighted by molar-refractivity contribution is 0.0948. The molecule has 0 saturated heterocycles. The summed E-state index contributed by atoms with van der Waals surface area (Å²) in [4.78, 5) is 18.3. The molecule has 0 bridgehead atoms. The van der Waals surface area contributed by atoms with E-state index in [1.54, 1.807) is 11.3 Å². The fourth-order valence-electron chi connectivity index (χ4n) is 2.15. The molecule has 2 heterocycles. The molecule has 0 aliphatic rings. The van der Waals surface area contributed by atoms with Gasteiger partial charge in [-0.2, -0.15) is 0 Å². The fraction of sp³-hybridized carbons (Fsp3) is 0.294. The first-order valence-electron chi connectivity index (χ1n) is 7.84. The number of fused-ring (bicyclic) bond motifs is 1. The smallest absolute Gasteiger partial charge is 0.261 e. The Morgan fingerprint density at radius 2 is 2.08 bits per heavy atom. The van der Waals surface area contributed by atoms with E-state index < -0.39 is 0 Å². The highest BCUT2D eigenvalue weighted by molar-refractivity contribution is 7.29. The zero-order valence-electron chi connectivity index (χ0n) is 13.4. The molecule has 0 unspecified atom stereocenters. The minimum Gasteiger partial charge on any atom is -0.382 e. The number of nitrogens with one attached hydrogen (secondary N) is 2. The molecule has 1 amide bonds. The minimum atomic E-state index is -0.0423. The number of hydrogen-bond acceptors (Lipinski definition) is 6. The van der Waals surface area contributed by atoms with Crippen LogP contribution in [-0.4, -0.2) is 30.6 Å². The Balaban J connectivity index is 1.59. The van der Waals surface area contributed by atoms with Crippen molar-refractivity contribution < 1.29 is 9.53 Å². The zero-order valence-corrected chi connectivity index (χ0v) is 15.0. The van der Waals surface area contributed by atoms with Gasteiger partial charge in [0, 0.05) is 25.4 Å². The van der Waals surface area contributed by atoms with E-state index >= 15 is 0 Å². The monoisotopic (exact) mass is 361 g/mol. The molecule has 126 valence electrons. The zero-order chi connectivity index (χ0) is 16.8. The minimum absolute atomic E-state index is 0.0423. The summed E-state index contributed by atoms with van der Waals surface area (Å²) in [5, 5.41) is 7.04. The lowest BCUT2D eigenvalue weighted by atomic mass is 10.3. The summed E-state index contributed by atoms with van der Waals surface area (Å²) in [6.07, 6.45) is 0.822. The summed E-state index contributed by atoms with van der Waals surface area (Å²) in [7, 11) is 0. The SMILES string of the molecule is CCOCCCNC(=O)c1cc2sc(Nc3ccccc3)nc2s1. The van der Waals surface area contributed by atoms with E-state index in [9.17, 15) is 4.79 Å². The van der Waals surface area contributed by atoms with Crippen molar-refractivity contribution in [2.24, 2.45) is 0 Å². The fourth-order valence-corrected chi connectivity index (χ4v) is 4.21. The molecule has 5 nitrogen and oxygen atoms in total. The van der Waals surface area contributed by atoms with Gasteiger partial charge in [0.2, 0.25) is 0 Å². The molecule has 0 aliphatic heterocycles. The summed E-state index contributed by atoms with van der Waals surface area (Å²) in [5.41, 5.74) is 1.01. The van der Waals surface area contributed by atoms with E-state index in [0.29, 0.717) is 24.6 Å². The van der Waals surface area contributed by atoms with Crippen LogP contribution in [0.1, 0.15) is 23.0 Å². The number of anilines is 2. The summed E-state index contributed by atoms with van der Waals surface area (Å²) in [5.74, 6) is -0.0423. The van der Waals surface area contributed by atoms with Crippen LogP contribution in [0, 0.1) is 0 Å². The van der Waals surface area contributed by atoms with E-state index in [-0.39, 0.29) is 5.91 Å². The van der Waals surface area contributed by atoms with Gasteiger partial charge in [-0.3, -0.25) is 4.79 Å². The number of para-hydroxylation sites is 1. The highest BCUT2D eigenvalue weighted by Crippen LogP contribution is 2.34. The quantitative estimate of drug-likeness (QED) is 0.589. The van der Waals surface area contributed by atoms with E-state index in [4.69, 9.17) is 4.74 Å². The Bertz CT molecular complexity index is 767. The number of carbonyl (C=O) groups excluding carboxylic acids is 1. The van der Waals surface area contributed by atoms with Gasteiger partial charge in [-0.1, -0.05) is 29.5 Å². The predicted molar refractivity (Wildman–Crippen MR) is 101 cm³/mol. The molecule has 3 rings (SSSR count). The average Bonchev–Trinajstić information content (AvgIpc) is 3.14. The number of thiophene rings is 1. The number of carbonyl (C=O) groups is 1. The van der Waals surface area contributed by atoms with E-state index in [1.807, 2.05) is 43.3 Å². The molecule has 24 heavy (non-hydrogen) atoms. The number of aromatic nitrogens is 1. The maximum absolute atomic E-state index is 12.1. The Hall–Kier alpha value is -1.96. The van der Waals surface area contributed by atoms with Crippen molar-refractivity contribution >= 4 is 48.9 Å². The maximum atomic E-state index is 12.1. The first-order valence-corrected chi connectivity index (χ1v) is 9.48. The van der Waals surface area contributed by atoms with Crippen LogP contribution in [-0.2, 0) is 4.74 Å². The predicted octanol–water partition coefficient (Wildman–Crippen LogP) is 4.26. The van der Waals surface area contributed by atoms with Crippen LogP contribution in [0.2, 0.25) is 0 Å². The van der Waals surface area contributed by atoms with E-state index in [1.165, 1.54) is 11.3 Å². The van der Waals surface area contributed by atoms with Crippen LogP contribution in [0.4, 0.5) is 10.8 Å². The second-order valence-corrected chi connectivity index (χ2v) is 7.16. The van der Waals surface area contributed by atoms with Crippen LogP contribution in [0.3, 0.4) is 0 Å². The first-order chi connectivity index (χ1) is 11.8. The number of benzene rings is 1. The van der Waals surface area contributed by atoms with Gasteiger partial charge in [0.15, 0.2) is 5.13 Å². The number of hydrogen-bond donors (Lipinski definition) is 2. The molecule has 0 aliphatic carbocycles. The first kappa shape index (κ1) is 16.9. The van der Waals surface area contributed by atoms with Gasteiger partial charge in [-0.25, -0.2) is 4.98 Å². The molecule has 0 spiro atoms. The van der Waals surface area contributed by atoms with Crippen LogP contribution >= 0.6 is 22.7 Å². The van der Waals surface area contributed by atoms with Gasteiger partial charge in [0.25, 0.3) is 5.91 Å². The summed E-state index contributed by atoms with van der Waals surface area (Å²) in [6, 6.07) is 11.8.